The van der Waals surface area contributed by atoms with Gasteiger partial charge in [0.05, 0.1) is 5.52 Å². The SMILES string of the molecule is CC1CC(C)CN(C(=O)CCC(=O)n2ccc3ccccc32)C1. The zero-order valence-corrected chi connectivity index (χ0v) is 13.9. The fraction of sp³-hybridized carbons (Fsp3) is 0.474. The molecule has 1 aliphatic heterocycles. The maximum absolute atomic E-state index is 12.4. The van der Waals surface area contributed by atoms with Crippen LogP contribution in [-0.2, 0) is 4.79 Å². The van der Waals surface area contributed by atoms with Crippen LogP contribution in [0.3, 0.4) is 0 Å². The third-order valence-corrected chi connectivity index (χ3v) is 4.64. The Kier molecular flexibility index (Phi) is 4.51. The first-order chi connectivity index (χ1) is 11.0. The van der Waals surface area contributed by atoms with Crippen molar-refractivity contribution in [3.05, 3.63) is 36.5 Å². The Bertz CT molecular complexity index is 709. The average molecular weight is 312 g/mol. The Morgan fingerprint density at radius 2 is 1.65 bits per heavy atom. The Hall–Kier alpha value is -2.10. The third-order valence-electron chi connectivity index (χ3n) is 4.64. The molecule has 0 aliphatic carbocycles. The van der Waals surface area contributed by atoms with Crippen LogP contribution in [0.1, 0.15) is 37.9 Å². The summed E-state index contributed by atoms with van der Waals surface area (Å²) in [6, 6.07) is 9.74. The molecule has 1 aromatic carbocycles. The molecule has 2 unspecified atom stereocenters. The first-order valence-electron chi connectivity index (χ1n) is 8.41. The fourth-order valence-corrected chi connectivity index (χ4v) is 3.66. The Morgan fingerprint density at radius 3 is 2.39 bits per heavy atom. The van der Waals surface area contributed by atoms with E-state index in [9.17, 15) is 9.59 Å². The summed E-state index contributed by atoms with van der Waals surface area (Å²) in [6.07, 6.45) is 3.53. The number of para-hydroxylation sites is 1. The number of fused-ring (bicyclic) bond motifs is 1. The van der Waals surface area contributed by atoms with E-state index < -0.39 is 0 Å². The number of piperidine rings is 1. The molecular formula is C19H24N2O2. The number of likely N-dealkylation sites (tertiary alicyclic amines) is 1. The van der Waals surface area contributed by atoms with Gasteiger partial charge in [0, 0.05) is 37.5 Å². The summed E-state index contributed by atoms with van der Waals surface area (Å²) in [5.74, 6) is 1.18. The molecule has 122 valence electrons. The highest BCUT2D eigenvalue weighted by atomic mass is 16.2. The highest BCUT2D eigenvalue weighted by molar-refractivity contribution is 5.93. The number of aromatic nitrogens is 1. The number of rotatable bonds is 3. The summed E-state index contributed by atoms with van der Waals surface area (Å²) in [6.45, 7) is 6.02. The van der Waals surface area contributed by atoms with Crippen molar-refractivity contribution in [3.8, 4) is 0 Å². The summed E-state index contributed by atoms with van der Waals surface area (Å²) in [7, 11) is 0. The summed E-state index contributed by atoms with van der Waals surface area (Å²) < 4.78 is 1.66. The molecule has 1 fully saturated rings. The van der Waals surface area contributed by atoms with E-state index >= 15 is 0 Å². The smallest absolute Gasteiger partial charge is 0.231 e. The van der Waals surface area contributed by atoms with Gasteiger partial charge in [-0.2, -0.15) is 0 Å². The van der Waals surface area contributed by atoms with E-state index in [1.54, 1.807) is 10.8 Å². The van der Waals surface area contributed by atoms with Crippen LogP contribution in [-0.4, -0.2) is 34.4 Å². The van der Waals surface area contributed by atoms with E-state index in [2.05, 4.69) is 13.8 Å². The molecule has 0 spiro atoms. The van der Waals surface area contributed by atoms with Crippen molar-refractivity contribution in [2.45, 2.75) is 33.1 Å². The van der Waals surface area contributed by atoms with Gasteiger partial charge >= 0.3 is 0 Å². The monoisotopic (exact) mass is 312 g/mol. The van der Waals surface area contributed by atoms with Crippen LogP contribution in [0.15, 0.2) is 36.5 Å². The minimum atomic E-state index is -0.0161. The van der Waals surface area contributed by atoms with Crippen molar-refractivity contribution in [1.82, 2.24) is 9.47 Å². The van der Waals surface area contributed by atoms with E-state index in [4.69, 9.17) is 0 Å². The van der Waals surface area contributed by atoms with Crippen LogP contribution in [0.4, 0.5) is 0 Å². The van der Waals surface area contributed by atoms with Gasteiger partial charge in [0.2, 0.25) is 11.8 Å². The van der Waals surface area contributed by atoms with E-state index in [1.165, 1.54) is 6.42 Å². The molecule has 1 aliphatic rings. The minimum Gasteiger partial charge on any atom is -0.342 e. The quantitative estimate of drug-likeness (QED) is 0.869. The lowest BCUT2D eigenvalue weighted by Gasteiger charge is -2.35. The van der Waals surface area contributed by atoms with Gasteiger partial charge in [0.25, 0.3) is 0 Å². The van der Waals surface area contributed by atoms with Gasteiger partial charge in [-0.3, -0.25) is 14.2 Å². The molecule has 4 heteroatoms. The molecule has 23 heavy (non-hydrogen) atoms. The van der Waals surface area contributed by atoms with Gasteiger partial charge in [-0.15, -0.1) is 0 Å². The molecule has 1 saturated heterocycles. The standard InChI is InChI=1S/C19H24N2O2/c1-14-11-15(2)13-20(12-14)18(22)7-8-19(23)21-10-9-16-5-3-4-6-17(16)21/h3-6,9-10,14-15H,7-8,11-13H2,1-2H3. The molecule has 1 aromatic heterocycles. The number of hydrogen-bond donors (Lipinski definition) is 0. The number of nitrogens with zero attached hydrogens (tertiary/aromatic N) is 2. The Balaban J connectivity index is 1.61. The number of carbonyl (C=O) groups excluding carboxylic acids is 2. The maximum atomic E-state index is 12.4. The highest BCUT2D eigenvalue weighted by Gasteiger charge is 2.25. The molecule has 1 amide bonds. The van der Waals surface area contributed by atoms with E-state index in [-0.39, 0.29) is 18.2 Å². The number of amides is 1. The lowest BCUT2D eigenvalue weighted by atomic mass is 9.91. The third kappa shape index (κ3) is 3.46. The predicted molar refractivity (Wildman–Crippen MR) is 91.3 cm³/mol. The Morgan fingerprint density at radius 1 is 1.00 bits per heavy atom. The van der Waals surface area contributed by atoms with Crippen molar-refractivity contribution < 1.29 is 9.59 Å². The fourth-order valence-electron chi connectivity index (χ4n) is 3.66. The lowest BCUT2D eigenvalue weighted by molar-refractivity contribution is -0.133. The molecule has 0 N–H and O–H groups in total. The summed E-state index contributed by atoms with van der Waals surface area (Å²) in [5, 5.41) is 1.05. The van der Waals surface area contributed by atoms with Crippen molar-refractivity contribution in [3.63, 3.8) is 0 Å². The van der Waals surface area contributed by atoms with Gasteiger partial charge in [-0.05, 0) is 30.4 Å². The van der Waals surface area contributed by atoms with Crippen LogP contribution in [0.25, 0.3) is 10.9 Å². The Labute approximate surface area is 137 Å². The van der Waals surface area contributed by atoms with Crippen LogP contribution in [0, 0.1) is 11.8 Å². The predicted octanol–water partition coefficient (Wildman–Crippen LogP) is 3.57. The second kappa shape index (κ2) is 6.57. The van der Waals surface area contributed by atoms with Crippen molar-refractivity contribution >= 4 is 22.7 Å². The van der Waals surface area contributed by atoms with Gasteiger partial charge in [0.1, 0.15) is 0 Å². The van der Waals surface area contributed by atoms with Crippen molar-refractivity contribution in [2.75, 3.05) is 13.1 Å². The van der Waals surface area contributed by atoms with E-state index in [0.717, 1.165) is 24.0 Å². The molecule has 2 heterocycles. The van der Waals surface area contributed by atoms with Gasteiger partial charge in [-0.1, -0.05) is 32.0 Å². The maximum Gasteiger partial charge on any atom is 0.231 e. The van der Waals surface area contributed by atoms with E-state index in [1.807, 2.05) is 35.2 Å². The van der Waals surface area contributed by atoms with Crippen molar-refractivity contribution in [1.29, 1.82) is 0 Å². The van der Waals surface area contributed by atoms with Crippen molar-refractivity contribution in [2.24, 2.45) is 11.8 Å². The topological polar surface area (TPSA) is 42.3 Å². The van der Waals surface area contributed by atoms with Gasteiger partial charge in [0.15, 0.2) is 0 Å². The summed E-state index contributed by atoms with van der Waals surface area (Å²) in [4.78, 5) is 26.7. The average Bonchev–Trinajstić information content (AvgIpc) is 2.95. The molecule has 0 saturated carbocycles. The summed E-state index contributed by atoms with van der Waals surface area (Å²) >= 11 is 0. The molecule has 3 rings (SSSR count). The molecule has 0 bridgehead atoms. The lowest BCUT2D eigenvalue weighted by Crippen LogP contribution is -2.42. The van der Waals surface area contributed by atoms with Gasteiger partial charge in [-0.25, -0.2) is 0 Å². The van der Waals surface area contributed by atoms with Crippen LogP contribution < -0.4 is 0 Å². The first kappa shape index (κ1) is 15.8. The normalized spacial score (nSPS) is 21.6. The van der Waals surface area contributed by atoms with E-state index in [0.29, 0.717) is 18.3 Å². The molecule has 2 aromatic rings. The number of hydrogen-bond acceptors (Lipinski definition) is 2. The van der Waals surface area contributed by atoms with Crippen LogP contribution >= 0.6 is 0 Å². The second-order valence-corrected chi connectivity index (χ2v) is 6.88. The first-order valence-corrected chi connectivity index (χ1v) is 8.41. The highest BCUT2D eigenvalue weighted by Crippen LogP contribution is 2.22. The number of benzene rings is 1. The zero-order chi connectivity index (χ0) is 16.4. The zero-order valence-electron chi connectivity index (χ0n) is 13.9. The second-order valence-electron chi connectivity index (χ2n) is 6.88. The minimum absolute atomic E-state index is 0.0161. The van der Waals surface area contributed by atoms with Crippen LogP contribution in [0.5, 0.6) is 0 Å². The molecule has 2 atom stereocenters. The van der Waals surface area contributed by atoms with Gasteiger partial charge < -0.3 is 4.90 Å². The van der Waals surface area contributed by atoms with Crippen LogP contribution in [0.2, 0.25) is 0 Å². The molecular weight excluding hydrogens is 288 g/mol. The largest absolute Gasteiger partial charge is 0.342 e. The molecule has 0 radical (unpaired) electrons. The summed E-state index contributed by atoms with van der Waals surface area (Å²) in [5.41, 5.74) is 0.908. The number of carbonyl (C=O) groups is 2. The molecule has 4 nitrogen and oxygen atoms in total.